The van der Waals surface area contributed by atoms with E-state index in [1.54, 1.807) is 35.9 Å². The summed E-state index contributed by atoms with van der Waals surface area (Å²) < 4.78 is 29.6. The SMILES string of the molecule is CC(=O)NC1C(Sc2nnc(COc3ccc(Cl)cc3)n2C)OC(COC(C)=O)C(OC(C)=O)C1OC(C)=O. The minimum Gasteiger partial charge on any atom is -0.486 e. The second-order valence-corrected chi connectivity index (χ2v) is 10.0. The van der Waals surface area contributed by atoms with Gasteiger partial charge in [-0.05, 0) is 24.3 Å². The monoisotopic (exact) mass is 584 g/mol. The molecule has 0 bridgehead atoms. The van der Waals surface area contributed by atoms with E-state index in [-0.39, 0.29) is 13.2 Å². The van der Waals surface area contributed by atoms with Crippen LogP contribution in [0.4, 0.5) is 0 Å². The van der Waals surface area contributed by atoms with Gasteiger partial charge in [0.25, 0.3) is 0 Å². The van der Waals surface area contributed by atoms with E-state index in [2.05, 4.69) is 15.5 Å². The number of hydrogen-bond donors (Lipinski definition) is 1. The number of nitrogens with zero attached hydrogens (tertiary/aromatic N) is 3. The normalized spacial score (nSPS) is 22.5. The molecule has 1 aliphatic heterocycles. The van der Waals surface area contributed by atoms with Gasteiger partial charge in [0.2, 0.25) is 5.91 Å². The third kappa shape index (κ3) is 8.57. The highest BCUT2D eigenvalue weighted by atomic mass is 35.5. The van der Waals surface area contributed by atoms with Crippen molar-refractivity contribution in [2.45, 2.75) is 69.2 Å². The Balaban J connectivity index is 1.88. The quantitative estimate of drug-likeness (QED) is 0.319. The number of benzene rings is 1. The minimum atomic E-state index is -1.18. The number of rotatable bonds is 10. The van der Waals surface area contributed by atoms with Crippen molar-refractivity contribution in [3.8, 4) is 5.75 Å². The number of thioether (sulfide) groups is 1. The molecule has 1 saturated heterocycles. The first-order valence-electron chi connectivity index (χ1n) is 11.8. The van der Waals surface area contributed by atoms with Crippen LogP contribution in [-0.2, 0) is 51.8 Å². The average molecular weight is 585 g/mol. The molecule has 1 aromatic carbocycles. The van der Waals surface area contributed by atoms with Gasteiger partial charge in [0.05, 0.1) is 0 Å². The van der Waals surface area contributed by atoms with Crippen molar-refractivity contribution in [1.82, 2.24) is 20.1 Å². The lowest BCUT2D eigenvalue weighted by molar-refractivity contribution is -0.211. The van der Waals surface area contributed by atoms with Crippen molar-refractivity contribution in [3.05, 3.63) is 35.1 Å². The summed E-state index contributed by atoms with van der Waals surface area (Å²) in [5, 5.41) is 12.1. The molecule has 0 spiro atoms. The topological polar surface area (TPSA) is 157 Å². The van der Waals surface area contributed by atoms with Crippen LogP contribution in [0.1, 0.15) is 33.5 Å². The number of nitrogens with one attached hydrogen (secondary N) is 1. The second kappa shape index (κ2) is 13.6. The molecule has 1 aromatic heterocycles. The summed E-state index contributed by atoms with van der Waals surface area (Å²) in [7, 11) is 1.72. The molecule has 15 heteroatoms. The standard InChI is InChI=1S/C24H29ClN4O9S/c1-12(30)26-20-22(37-15(4)33)21(36-14(3)32)18(10-34-13(2)31)38-23(20)39-24-28-27-19(29(24)5)11-35-17-8-6-16(25)7-9-17/h6-9,18,20-23H,10-11H2,1-5H3,(H,26,30). The smallest absolute Gasteiger partial charge is 0.303 e. The predicted molar refractivity (Wildman–Crippen MR) is 137 cm³/mol. The van der Waals surface area contributed by atoms with Crippen LogP contribution < -0.4 is 10.1 Å². The van der Waals surface area contributed by atoms with Gasteiger partial charge in [-0.15, -0.1) is 10.2 Å². The summed E-state index contributed by atoms with van der Waals surface area (Å²) in [6.45, 7) is 4.67. The zero-order chi connectivity index (χ0) is 28.7. The van der Waals surface area contributed by atoms with Gasteiger partial charge < -0.3 is 33.6 Å². The summed E-state index contributed by atoms with van der Waals surface area (Å²) >= 11 is 6.99. The van der Waals surface area contributed by atoms with Gasteiger partial charge in [0, 0.05) is 39.8 Å². The van der Waals surface area contributed by atoms with Crippen molar-refractivity contribution in [2.75, 3.05) is 6.61 Å². The molecular formula is C24H29ClN4O9S. The summed E-state index contributed by atoms with van der Waals surface area (Å²) in [5.74, 6) is -1.31. The summed E-state index contributed by atoms with van der Waals surface area (Å²) in [6, 6.07) is 5.87. The van der Waals surface area contributed by atoms with Crippen LogP contribution in [0.15, 0.2) is 29.4 Å². The number of halogens is 1. The maximum absolute atomic E-state index is 12.1. The molecule has 13 nitrogen and oxygen atoms in total. The van der Waals surface area contributed by atoms with Crippen LogP contribution in [0.2, 0.25) is 5.02 Å². The zero-order valence-corrected chi connectivity index (χ0v) is 23.5. The first-order valence-corrected chi connectivity index (χ1v) is 13.0. The van der Waals surface area contributed by atoms with Gasteiger partial charge in [0.1, 0.15) is 36.5 Å². The van der Waals surface area contributed by atoms with Gasteiger partial charge >= 0.3 is 17.9 Å². The number of hydrogen-bond acceptors (Lipinski definition) is 12. The molecule has 1 N–H and O–H groups in total. The Morgan fingerprint density at radius 1 is 1.00 bits per heavy atom. The van der Waals surface area contributed by atoms with E-state index in [9.17, 15) is 19.2 Å². The maximum Gasteiger partial charge on any atom is 0.303 e. The third-order valence-corrected chi connectivity index (χ3v) is 6.85. The van der Waals surface area contributed by atoms with Crippen LogP contribution in [0.5, 0.6) is 5.75 Å². The second-order valence-electron chi connectivity index (χ2n) is 8.54. The fourth-order valence-electron chi connectivity index (χ4n) is 3.75. The molecule has 0 saturated carbocycles. The number of carbonyl (C=O) groups is 4. The molecule has 5 unspecified atom stereocenters. The van der Waals surface area contributed by atoms with E-state index >= 15 is 0 Å². The van der Waals surface area contributed by atoms with Gasteiger partial charge in [0.15, 0.2) is 23.2 Å². The first kappa shape index (κ1) is 30.2. The van der Waals surface area contributed by atoms with Gasteiger partial charge in [-0.2, -0.15) is 0 Å². The largest absolute Gasteiger partial charge is 0.486 e. The van der Waals surface area contributed by atoms with Gasteiger partial charge in [-0.25, -0.2) is 0 Å². The van der Waals surface area contributed by atoms with Crippen molar-refractivity contribution in [3.63, 3.8) is 0 Å². The highest BCUT2D eigenvalue weighted by molar-refractivity contribution is 7.99. The van der Waals surface area contributed by atoms with Crippen LogP contribution in [-0.4, -0.2) is 75.0 Å². The van der Waals surface area contributed by atoms with Crippen LogP contribution in [0.25, 0.3) is 0 Å². The van der Waals surface area contributed by atoms with Crippen LogP contribution in [0.3, 0.4) is 0 Å². The number of esters is 3. The molecule has 2 aromatic rings. The molecule has 0 radical (unpaired) electrons. The van der Waals surface area contributed by atoms with Gasteiger partial charge in [-0.3, -0.25) is 19.2 Å². The molecule has 1 fully saturated rings. The fraction of sp³-hybridized carbons (Fsp3) is 0.500. The molecule has 2 heterocycles. The van der Waals surface area contributed by atoms with E-state index in [4.69, 9.17) is 35.3 Å². The number of carbonyl (C=O) groups excluding carboxylic acids is 4. The Bertz CT molecular complexity index is 1190. The van der Waals surface area contributed by atoms with Crippen LogP contribution in [0, 0.1) is 0 Å². The Labute approximate surface area is 233 Å². The highest BCUT2D eigenvalue weighted by Crippen LogP contribution is 2.35. The Morgan fingerprint density at radius 2 is 1.64 bits per heavy atom. The molecule has 39 heavy (non-hydrogen) atoms. The molecule has 212 valence electrons. The lowest BCUT2D eigenvalue weighted by Gasteiger charge is -2.44. The molecule has 3 rings (SSSR count). The van der Waals surface area contributed by atoms with Crippen molar-refractivity contribution >= 4 is 47.2 Å². The lowest BCUT2D eigenvalue weighted by atomic mass is 9.97. The average Bonchev–Trinajstić information content (AvgIpc) is 3.19. The predicted octanol–water partition coefficient (Wildman–Crippen LogP) is 1.80. The molecule has 5 atom stereocenters. The zero-order valence-electron chi connectivity index (χ0n) is 21.9. The number of aromatic nitrogens is 3. The summed E-state index contributed by atoms with van der Waals surface area (Å²) in [5.41, 5.74) is -0.918. The Hall–Kier alpha value is -3.36. The van der Waals surface area contributed by atoms with E-state index in [0.29, 0.717) is 21.8 Å². The van der Waals surface area contributed by atoms with Crippen LogP contribution >= 0.6 is 23.4 Å². The molecule has 1 amide bonds. The minimum absolute atomic E-state index is 0.103. The van der Waals surface area contributed by atoms with Gasteiger partial charge in [-0.1, -0.05) is 23.4 Å². The van der Waals surface area contributed by atoms with E-state index in [0.717, 1.165) is 11.8 Å². The third-order valence-electron chi connectivity index (χ3n) is 5.40. The number of ether oxygens (including phenoxy) is 5. The lowest BCUT2D eigenvalue weighted by Crippen LogP contribution is -2.65. The Kier molecular flexibility index (Phi) is 10.5. The fourth-order valence-corrected chi connectivity index (χ4v) is 5.00. The van der Waals surface area contributed by atoms with Crippen molar-refractivity contribution in [1.29, 1.82) is 0 Å². The Morgan fingerprint density at radius 3 is 2.23 bits per heavy atom. The summed E-state index contributed by atoms with van der Waals surface area (Å²) in [6.07, 6.45) is -3.36. The highest BCUT2D eigenvalue weighted by Gasteiger charge is 2.51. The molecular weight excluding hydrogens is 556 g/mol. The molecule has 1 aliphatic rings. The van der Waals surface area contributed by atoms with E-state index in [1.165, 1.54) is 27.7 Å². The van der Waals surface area contributed by atoms with E-state index in [1.807, 2.05) is 0 Å². The van der Waals surface area contributed by atoms with Crippen molar-refractivity contribution in [2.24, 2.45) is 7.05 Å². The summed E-state index contributed by atoms with van der Waals surface area (Å²) in [4.78, 5) is 47.6. The van der Waals surface area contributed by atoms with Crippen molar-refractivity contribution < 1.29 is 42.9 Å². The molecule has 0 aliphatic carbocycles. The number of amides is 1. The first-order chi connectivity index (χ1) is 18.4. The van der Waals surface area contributed by atoms with E-state index < -0.39 is 53.6 Å². The maximum atomic E-state index is 12.1.